The monoisotopic (exact) mass is 194 g/mol. The molecule has 0 aromatic carbocycles. The molecule has 2 rings (SSSR count). The lowest BCUT2D eigenvalue weighted by atomic mass is 9.81. The van der Waals surface area contributed by atoms with Gasteiger partial charge >= 0.3 is 0 Å². The Bertz CT molecular complexity index is 177. The highest BCUT2D eigenvalue weighted by Crippen LogP contribution is 2.33. The third-order valence-electron chi connectivity index (χ3n) is 3.85. The molecule has 1 heterocycles. The number of likely N-dealkylation sites (N-methyl/N-ethyl adjacent to an activating group) is 1. The summed E-state index contributed by atoms with van der Waals surface area (Å²) < 4.78 is 0. The van der Waals surface area contributed by atoms with Crippen molar-refractivity contribution >= 4 is 0 Å². The molecular formula is C12H22N2. The summed E-state index contributed by atoms with van der Waals surface area (Å²) in [7, 11) is 2.20. The Kier molecular flexibility index (Phi) is 3.13. The van der Waals surface area contributed by atoms with Gasteiger partial charge in [-0.3, -0.25) is 4.90 Å². The molecule has 1 saturated heterocycles. The molecule has 0 aromatic heterocycles. The van der Waals surface area contributed by atoms with Crippen LogP contribution in [0.4, 0.5) is 0 Å². The van der Waals surface area contributed by atoms with E-state index in [2.05, 4.69) is 16.8 Å². The lowest BCUT2D eigenvalue weighted by Gasteiger charge is -2.47. The highest BCUT2D eigenvalue weighted by Gasteiger charge is 2.34. The van der Waals surface area contributed by atoms with Gasteiger partial charge in [-0.25, -0.2) is 0 Å². The molecular weight excluding hydrogens is 172 g/mol. The molecule has 1 aliphatic heterocycles. The van der Waals surface area contributed by atoms with Crippen molar-refractivity contribution < 1.29 is 0 Å². The van der Waals surface area contributed by atoms with Gasteiger partial charge in [0, 0.05) is 31.7 Å². The zero-order chi connectivity index (χ0) is 10.0. The van der Waals surface area contributed by atoms with Crippen LogP contribution >= 0.6 is 0 Å². The number of piperazine rings is 1. The van der Waals surface area contributed by atoms with E-state index in [1.165, 1.54) is 45.2 Å². The second-order valence-corrected chi connectivity index (χ2v) is 4.95. The predicted molar refractivity (Wildman–Crippen MR) is 59.2 cm³/mol. The van der Waals surface area contributed by atoms with Crippen molar-refractivity contribution in [1.82, 2.24) is 9.80 Å². The van der Waals surface area contributed by atoms with E-state index in [1.54, 1.807) is 0 Å². The summed E-state index contributed by atoms with van der Waals surface area (Å²) in [6.45, 7) is 11.2. The molecule has 2 aliphatic rings. The highest BCUT2D eigenvalue weighted by molar-refractivity contribution is 4.96. The molecule has 1 aliphatic carbocycles. The molecule has 14 heavy (non-hydrogen) atoms. The summed E-state index contributed by atoms with van der Waals surface area (Å²) in [5.74, 6) is 0. The third-order valence-corrected chi connectivity index (χ3v) is 3.85. The Balaban J connectivity index is 1.92. The Hall–Kier alpha value is -0.0800. The molecule has 0 bridgehead atoms. The quantitative estimate of drug-likeness (QED) is 0.626. The van der Waals surface area contributed by atoms with E-state index >= 15 is 0 Å². The molecule has 0 N–H and O–H groups in total. The minimum absolute atomic E-state index is 0.0412. The maximum absolute atomic E-state index is 6.49. The number of hydrogen-bond donors (Lipinski definition) is 0. The first-order valence-corrected chi connectivity index (χ1v) is 5.93. The van der Waals surface area contributed by atoms with Gasteiger partial charge in [0.2, 0.25) is 0 Å². The SMILES string of the molecule is [CH]C1(N2CCN(C)CC2)CCCCC1. The molecule has 0 aromatic rings. The molecule has 0 atom stereocenters. The summed E-state index contributed by atoms with van der Waals surface area (Å²) in [5.41, 5.74) is 0.0412. The molecule has 2 fully saturated rings. The topological polar surface area (TPSA) is 6.48 Å². The van der Waals surface area contributed by atoms with E-state index in [0.29, 0.717) is 0 Å². The van der Waals surface area contributed by atoms with Gasteiger partial charge < -0.3 is 4.90 Å². The number of rotatable bonds is 1. The largest absolute Gasteiger partial charge is 0.304 e. The van der Waals surface area contributed by atoms with Crippen LogP contribution in [-0.4, -0.2) is 48.6 Å². The van der Waals surface area contributed by atoms with E-state index < -0.39 is 0 Å². The lowest BCUT2D eigenvalue weighted by molar-refractivity contribution is 0.0433. The van der Waals surface area contributed by atoms with Crippen molar-refractivity contribution in [3.63, 3.8) is 0 Å². The minimum Gasteiger partial charge on any atom is -0.304 e. The van der Waals surface area contributed by atoms with Crippen LogP contribution in [0, 0.1) is 6.92 Å². The fraction of sp³-hybridized carbons (Fsp3) is 0.917. The molecule has 2 radical (unpaired) electrons. The van der Waals surface area contributed by atoms with Gasteiger partial charge in [0.15, 0.2) is 0 Å². The van der Waals surface area contributed by atoms with E-state index in [9.17, 15) is 0 Å². The van der Waals surface area contributed by atoms with E-state index in [4.69, 9.17) is 6.92 Å². The van der Waals surface area contributed by atoms with Crippen LogP contribution in [0.5, 0.6) is 0 Å². The number of hydrogen-bond acceptors (Lipinski definition) is 2. The van der Waals surface area contributed by atoms with Crippen molar-refractivity contribution in [2.75, 3.05) is 33.2 Å². The highest BCUT2D eigenvalue weighted by atomic mass is 15.3. The predicted octanol–water partition coefficient (Wildman–Crippen LogP) is 1.65. The van der Waals surface area contributed by atoms with Crippen LogP contribution in [0.25, 0.3) is 0 Å². The van der Waals surface area contributed by atoms with Crippen LogP contribution in [0.1, 0.15) is 32.1 Å². The minimum atomic E-state index is 0.0412. The second-order valence-electron chi connectivity index (χ2n) is 4.95. The maximum atomic E-state index is 6.49. The zero-order valence-electron chi connectivity index (χ0n) is 9.34. The first kappa shape index (κ1) is 10.4. The summed E-state index contributed by atoms with van der Waals surface area (Å²) in [4.78, 5) is 4.91. The summed E-state index contributed by atoms with van der Waals surface area (Å²) in [6.07, 6.45) is 6.44. The van der Waals surface area contributed by atoms with Gasteiger partial charge in [-0.2, -0.15) is 0 Å². The van der Waals surface area contributed by atoms with Crippen molar-refractivity contribution in [2.45, 2.75) is 37.6 Å². The fourth-order valence-corrected chi connectivity index (χ4v) is 2.73. The smallest absolute Gasteiger partial charge is 0.0245 e. The van der Waals surface area contributed by atoms with E-state index in [1.807, 2.05) is 0 Å². The van der Waals surface area contributed by atoms with Crippen LogP contribution in [-0.2, 0) is 0 Å². The Morgan fingerprint density at radius 2 is 1.50 bits per heavy atom. The van der Waals surface area contributed by atoms with Crippen molar-refractivity contribution in [3.8, 4) is 0 Å². The van der Waals surface area contributed by atoms with Gasteiger partial charge in [0.25, 0.3) is 0 Å². The standard InChI is InChI=1S/C12H22N2/c1-12(6-4-3-5-7-12)14-10-8-13(2)9-11-14/h1H,3-11H2,2H3. The lowest BCUT2D eigenvalue weighted by Crippen LogP contribution is -2.55. The molecule has 0 spiro atoms. The van der Waals surface area contributed by atoms with E-state index in [-0.39, 0.29) is 5.54 Å². The van der Waals surface area contributed by atoms with Crippen molar-refractivity contribution in [3.05, 3.63) is 6.92 Å². The first-order valence-electron chi connectivity index (χ1n) is 5.93. The Morgan fingerprint density at radius 3 is 2.07 bits per heavy atom. The summed E-state index contributed by atoms with van der Waals surface area (Å²) in [6, 6.07) is 0. The first-order chi connectivity index (χ1) is 6.71. The molecule has 0 amide bonds. The Morgan fingerprint density at radius 1 is 0.929 bits per heavy atom. The Labute approximate surface area is 88.3 Å². The van der Waals surface area contributed by atoms with Gasteiger partial charge in [-0.1, -0.05) is 19.3 Å². The molecule has 2 heteroatoms. The summed E-state index contributed by atoms with van der Waals surface area (Å²) in [5, 5.41) is 0. The summed E-state index contributed by atoms with van der Waals surface area (Å²) >= 11 is 0. The molecule has 80 valence electrons. The molecule has 2 nitrogen and oxygen atoms in total. The van der Waals surface area contributed by atoms with Crippen LogP contribution < -0.4 is 0 Å². The second kappa shape index (κ2) is 4.19. The normalized spacial score (nSPS) is 30.4. The van der Waals surface area contributed by atoms with Crippen LogP contribution in [0.15, 0.2) is 0 Å². The van der Waals surface area contributed by atoms with Gasteiger partial charge in [0.1, 0.15) is 0 Å². The van der Waals surface area contributed by atoms with Gasteiger partial charge in [-0.15, -0.1) is 0 Å². The van der Waals surface area contributed by atoms with Crippen LogP contribution in [0.3, 0.4) is 0 Å². The van der Waals surface area contributed by atoms with Gasteiger partial charge in [-0.05, 0) is 26.8 Å². The maximum Gasteiger partial charge on any atom is 0.0245 e. The average molecular weight is 194 g/mol. The fourth-order valence-electron chi connectivity index (χ4n) is 2.73. The van der Waals surface area contributed by atoms with Crippen LogP contribution in [0.2, 0.25) is 0 Å². The number of nitrogens with zero attached hydrogens (tertiary/aromatic N) is 2. The van der Waals surface area contributed by atoms with Crippen molar-refractivity contribution in [1.29, 1.82) is 0 Å². The molecule has 1 saturated carbocycles. The molecule has 0 unspecified atom stereocenters. The zero-order valence-corrected chi connectivity index (χ0v) is 9.34. The van der Waals surface area contributed by atoms with Gasteiger partial charge in [0.05, 0.1) is 0 Å². The average Bonchev–Trinajstić information content (AvgIpc) is 2.19. The van der Waals surface area contributed by atoms with E-state index in [0.717, 1.165) is 13.1 Å². The van der Waals surface area contributed by atoms with Crippen molar-refractivity contribution in [2.24, 2.45) is 0 Å². The third kappa shape index (κ3) is 2.12.